The average molecular weight is 299 g/mol. The van der Waals surface area contributed by atoms with Crippen LogP contribution in [0.4, 0.5) is 5.69 Å². The van der Waals surface area contributed by atoms with Gasteiger partial charge < -0.3 is 4.90 Å². The monoisotopic (exact) mass is 299 g/mol. The van der Waals surface area contributed by atoms with Gasteiger partial charge in [-0.25, -0.2) is 0 Å². The molecule has 0 bridgehead atoms. The lowest BCUT2D eigenvalue weighted by molar-refractivity contribution is 0.101. The highest BCUT2D eigenvalue weighted by Gasteiger charge is 2.19. The summed E-state index contributed by atoms with van der Waals surface area (Å²) in [6, 6.07) is 17.2. The van der Waals surface area contributed by atoms with E-state index < -0.39 is 0 Å². The molecule has 112 valence electrons. The standard InChI is InChI=1S/C21H17NO/c1-13(23)16-7-3-14-5-9-18-19(22-11-2-12-22)10-6-15-4-8-17(16)20(14)21(15)18/h3-10H,2,11-12H2,1H3. The van der Waals surface area contributed by atoms with E-state index in [9.17, 15) is 4.79 Å². The van der Waals surface area contributed by atoms with E-state index in [4.69, 9.17) is 0 Å². The highest BCUT2D eigenvalue weighted by atomic mass is 16.1. The van der Waals surface area contributed by atoms with Crippen molar-refractivity contribution >= 4 is 43.8 Å². The van der Waals surface area contributed by atoms with Crippen LogP contribution in [0.2, 0.25) is 0 Å². The molecule has 1 heterocycles. The molecule has 23 heavy (non-hydrogen) atoms. The Balaban J connectivity index is 1.99. The van der Waals surface area contributed by atoms with Crippen LogP contribution in [0.5, 0.6) is 0 Å². The molecule has 4 aromatic rings. The fraction of sp³-hybridized carbons (Fsp3) is 0.190. The summed E-state index contributed by atoms with van der Waals surface area (Å²) in [4.78, 5) is 14.5. The number of hydrogen-bond acceptors (Lipinski definition) is 2. The van der Waals surface area contributed by atoms with Crippen LogP contribution in [0.1, 0.15) is 23.7 Å². The number of carbonyl (C=O) groups excluding carboxylic acids is 1. The van der Waals surface area contributed by atoms with E-state index in [1.807, 2.05) is 6.07 Å². The van der Waals surface area contributed by atoms with Crippen molar-refractivity contribution in [3.8, 4) is 0 Å². The molecule has 0 N–H and O–H groups in total. The maximum Gasteiger partial charge on any atom is 0.160 e. The van der Waals surface area contributed by atoms with Crippen molar-refractivity contribution in [1.29, 1.82) is 0 Å². The van der Waals surface area contributed by atoms with Crippen LogP contribution in [-0.2, 0) is 0 Å². The van der Waals surface area contributed by atoms with Gasteiger partial charge >= 0.3 is 0 Å². The first-order chi connectivity index (χ1) is 11.2. The van der Waals surface area contributed by atoms with Gasteiger partial charge in [0, 0.05) is 29.7 Å². The summed E-state index contributed by atoms with van der Waals surface area (Å²) in [6.07, 6.45) is 1.27. The summed E-state index contributed by atoms with van der Waals surface area (Å²) in [5, 5.41) is 7.38. The van der Waals surface area contributed by atoms with Gasteiger partial charge in [-0.05, 0) is 46.3 Å². The Morgan fingerprint density at radius 1 is 0.826 bits per heavy atom. The van der Waals surface area contributed by atoms with Crippen molar-refractivity contribution in [2.24, 2.45) is 0 Å². The zero-order valence-corrected chi connectivity index (χ0v) is 13.1. The molecule has 0 atom stereocenters. The van der Waals surface area contributed by atoms with Gasteiger partial charge in [-0.15, -0.1) is 0 Å². The van der Waals surface area contributed by atoms with Gasteiger partial charge in [0.25, 0.3) is 0 Å². The first-order valence-electron chi connectivity index (χ1n) is 8.20. The zero-order chi connectivity index (χ0) is 15.6. The molecular formula is C21H17NO. The second kappa shape index (κ2) is 4.45. The average Bonchev–Trinajstić information content (AvgIpc) is 2.51. The highest BCUT2D eigenvalue weighted by Crippen LogP contribution is 2.40. The number of hydrogen-bond donors (Lipinski definition) is 0. The molecule has 1 saturated heterocycles. The third kappa shape index (κ3) is 1.66. The van der Waals surface area contributed by atoms with Crippen molar-refractivity contribution < 1.29 is 4.79 Å². The molecule has 0 aliphatic carbocycles. The first kappa shape index (κ1) is 12.9. The van der Waals surface area contributed by atoms with Crippen LogP contribution in [0.15, 0.2) is 48.5 Å². The molecule has 0 unspecified atom stereocenters. The van der Waals surface area contributed by atoms with E-state index in [1.165, 1.54) is 39.0 Å². The maximum atomic E-state index is 12.0. The number of ketones is 1. The molecule has 4 aromatic carbocycles. The van der Waals surface area contributed by atoms with Crippen LogP contribution in [-0.4, -0.2) is 18.9 Å². The molecule has 0 radical (unpaired) electrons. The van der Waals surface area contributed by atoms with Gasteiger partial charge in [0.15, 0.2) is 5.78 Å². The van der Waals surface area contributed by atoms with E-state index in [-0.39, 0.29) is 5.78 Å². The SMILES string of the molecule is CC(=O)c1ccc2ccc3c(N4CCC4)ccc4ccc1c2c43. The Bertz CT molecular complexity index is 1080. The minimum atomic E-state index is 0.130. The Morgan fingerprint density at radius 2 is 1.43 bits per heavy atom. The Kier molecular flexibility index (Phi) is 2.49. The normalized spacial score (nSPS) is 14.7. The third-order valence-corrected chi connectivity index (χ3v) is 5.22. The predicted molar refractivity (Wildman–Crippen MR) is 97.0 cm³/mol. The van der Waals surface area contributed by atoms with Gasteiger partial charge in [-0.1, -0.05) is 42.5 Å². The number of Topliss-reactive ketones (excluding diaryl/α,β-unsaturated/α-hetero) is 1. The minimum Gasteiger partial charge on any atom is -0.371 e. The number of benzene rings is 4. The molecule has 2 heteroatoms. The zero-order valence-electron chi connectivity index (χ0n) is 13.1. The molecule has 1 fully saturated rings. The van der Waals surface area contributed by atoms with Crippen molar-refractivity contribution in [2.75, 3.05) is 18.0 Å². The van der Waals surface area contributed by atoms with E-state index in [1.54, 1.807) is 6.92 Å². The largest absolute Gasteiger partial charge is 0.371 e. The summed E-state index contributed by atoms with van der Waals surface area (Å²) >= 11 is 0. The Morgan fingerprint density at radius 3 is 2.09 bits per heavy atom. The molecular weight excluding hydrogens is 282 g/mol. The number of carbonyl (C=O) groups is 1. The molecule has 0 amide bonds. The van der Waals surface area contributed by atoms with Gasteiger partial charge in [0.1, 0.15) is 0 Å². The van der Waals surface area contributed by atoms with Crippen molar-refractivity contribution in [1.82, 2.24) is 0 Å². The summed E-state index contributed by atoms with van der Waals surface area (Å²) < 4.78 is 0. The number of nitrogens with zero attached hydrogens (tertiary/aromatic N) is 1. The van der Waals surface area contributed by atoms with Gasteiger partial charge in [0.2, 0.25) is 0 Å². The lowest BCUT2D eigenvalue weighted by Crippen LogP contribution is -2.37. The second-order valence-electron chi connectivity index (χ2n) is 6.52. The summed E-state index contributed by atoms with van der Waals surface area (Å²) in [7, 11) is 0. The van der Waals surface area contributed by atoms with Crippen molar-refractivity contribution in [3.05, 3.63) is 54.1 Å². The molecule has 0 saturated carbocycles. The minimum absolute atomic E-state index is 0.130. The van der Waals surface area contributed by atoms with Crippen LogP contribution in [0.25, 0.3) is 32.3 Å². The number of rotatable bonds is 2. The van der Waals surface area contributed by atoms with Gasteiger partial charge in [-0.3, -0.25) is 4.79 Å². The summed E-state index contributed by atoms with van der Waals surface area (Å²) in [5.74, 6) is 0.130. The van der Waals surface area contributed by atoms with E-state index in [2.05, 4.69) is 47.4 Å². The van der Waals surface area contributed by atoms with Crippen LogP contribution in [0.3, 0.4) is 0 Å². The summed E-state index contributed by atoms with van der Waals surface area (Å²) in [6.45, 7) is 3.93. The molecule has 1 aliphatic heterocycles. The first-order valence-corrected chi connectivity index (χ1v) is 8.20. The molecule has 2 nitrogen and oxygen atoms in total. The Labute approximate surface area is 134 Å². The molecule has 0 spiro atoms. The lowest BCUT2D eigenvalue weighted by Gasteiger charge is -2.34. The molecule has 5 rings (SSSR count). The van der Waals surface area contributed by atoms with E-state index in [0.29, 0.717) is 0 Å². The van der Waals surface area contributed by atoms with Crippen molar-refractivity contribution in [3.63, 3.8) is 0 Å². The summed E-state index contributed by atoms with van der Waals surface area (Å²) in [5.41, 5.74) is 2.15. The fourth-order valence-corrected chi connectivity index (χ4v) is 3.93. The van der Waals surface area contributed by atoms with E-state index >= 15 is 0 Å². The van der Waals surface area contributed by atoms with Crippen LogP contribution >= 0.6 is 0 Å². The predicted octanol–water partition coefficient (Wildman–Crippen LogP) is 5.00. The quantitative estimate of drug-likeness (QED) is 0.383. The fourth-order valence-electron chi connectivity index (χ4n) is 3.93. The van der Waals surface area contributed by atoms with Crippen molar-refractivity contribution in [2.45, 2.75) is 13.3 Å². The Hall–Kier alpha value is -2.61. The maximum absolute atomic E-state index is 12.0. The van der Waals surface area contributed by atoms with E-state index in [0.717, 1.165) is 24.0 Å². The smallest absolute Gasteiger partial charge is 0.160 e. The van der Waals surface area contributed by atoms with Crippen LogP contribution < -0.4 is 4.90 Å². The molecule has 1 aliphatic rings. The van der Waals surface area contributed by atoms with Crippen LogP contribution in [0, 0.1) is 0 Å². The lowest BCUT2D eigenvalue weighted by atomic mass is 9.90. The van der Waals surface area contributed by atoms with Gasteiger partial charge in [-0.2, -0.15) is 0 Å². The topological polar surface area (TPSA) is 20.3 Å². The second-order valence-corrected chi connectivity index (χ2v) is 6.52. The van der Waals surface area contributed by atoms with Gasteiger partial charge in [0.05, 0.1) is 0 Å². The number of anilines is 1. The molecule has 0 aromatic heterocycles. The third-order valence-electron chi connectivity index (χ3n) is 5.22. The highest BCUT2D eigenvalue weighted by molar-refractivity contribution is 6.28.